The van der Waals surface area contributed by atoms with Crippen molar-refractivity contribution in [1.82, 2.24) is 4.90 Å². The Bertz CT molecular complexity index is 249. The third-order valence-electron chi connectivity index (χ3n) is 3.93. The molecule has 1 rings (SSSR count). The zero-order valence-electron chi connectivity index (χ0n) is 11.2. The molecular formula is C13H25NO3. The third-order valence-corrected chi connectivity index (χ3v) is 3.93. The lowest BCUT2D eigenvalue weighted by Gasteiger charge is -2.40. The van der Waals surface area contributed by atoms with E-state index in [1.165, 1.54) is 0 Å². The first-order chi connectivity index (χ1) is 8.09. The van der Waals surface area contributed by atoms with Gasteiger partial charge in [-0.25, -0.2) is 0 Å². The van der Waals surface area contributed by atoms with Crippen LogP contribution in [0.4, 0.5) is 0 Å². The average Bonchev–Trinajstić information content (AvgIpc) is 2.38. The molecule has 0 aromatic rings. The summed E-state index contributed by atoms with van der Waals surface area (Å²) in [5.74, 6) is 0.0700. The van der Waals surface area contributed by atoms with Crippen LogP contribution in [0.25, 0.3) is 0 Å². The van der Waals surface area contributed by atoms with Crippen LogP contribution in [0.1, 0.15) is 46.0 Å². The average molecular weight is 243 g/mol. The van der Waals surface area contributed by atoms with E-state index in [4.69, 9.17) is 9.84 Å². The van der Waals surface area contributed by atoms with Gasteiger partial charge in [-0.1, -0.05) is 6.92 Å². The Hall–Kier alpha value is -0.610. The molecule has 0 aliphatic carbocycles. The second kappa shape index (κ2) is 6.36. The minimum atomic E-state index is -0.717. The van der Waals surface area contributed by atoms with Gasteiger partial charge >= 0.3 is 0 Å². The zero-order chi connectivity index (χ0) is 12.9. The number of hydrogen-bond acceptors (Lipinski definition) is 3. The van der Waals surface area contributed by atoms with E-state index in [2.05, 4.69) is 0 Å². The number of carbonyl (C=O) groups is 1. The van der Waals surface area contributed by atoms with Crippen LogP contribution < -0.4 is 0 Å². The Balaban J connectivity index is 2.76. The van der Waals surface area contributed by atoms with E-state index in [0.29, 0.717) is 12.8 Å². The minimum absolute atomic E-state index is 0.0700. The molecule has 4 nitrogen and oxygen atoms in total. The van der Waals surface area contributed by atoms with E-state index in [1.54, 1.807) is 7.11 Å². The Morgan fingerprint density at radius 1 is 1.53 bits per heavy atom. The maximum absolute atomic E-state index is 12.5. The van der Waals surface area contributed by atoms with Crippen molar-refractivity contribution in [2.24, 2.45) is 0 Å². The molecule has 1 aliphatic rings. The molecule has 0 radical (unpaired) electrons. The molecule has 0 bridgehead atoms. The number of rotatable bonds is 5. The molecule has 1 heterocycles. The van der Waals surface area contributed by atoms with Crippen LogP contribution in [-0.2, 0) is 9.53 Å². The molecule has 1 saturated heterocycles. The molecule has 2 atom stereocenters. The number of aliphatic hydroxyl groups excluding tert-OH is 1. The van der Waals surface area contributed by atoms with Crippen LogP contribution in [0.5, 0.6) is 0 Å². The normalized spacial score (nSPS) is 24.5. The highest BCUT2D eigenvalue weighted by Crippen LogP contribution is 2.25. The van der Waals surface area contributed by atoms with Gasteiger partial charge in [0.2, 0.25) is 0 Å². The summed E-state index contributed by atoms with van der Waals surface area (Å²) in [6.45, 7) is 4.75. The lowest BCUT2D eigenvalue weighted by atomic mass is 9.94. The van der Waals surface area contributed by atoms with Crippen LogP contribution in [0.2, 0.25) is 0 Å². The van der Waals surface area contributed by atoms with Crippen LogP contribution >= 0.6 is 0 Å². The minimum Gasteiger partial charge on any atom is -0.396 e. The Kier molecular flexibility index (Phi) is 5.40. The predicted octanol–water partition coefficient (Wildman–Crippen LogP) is 1.56. The quantitative estimate of drug-likeness (QED) is 0.797. The molecule has 17 heavy (non-hydrogen) atoms. The molecule has 0 spiro atoms. The SMILES string of the molecule is CCC(C)(OC)C(=O)N1CCCCC1CCO. The molecule has 4 heteroatoms. The van der Waals surface area contributed by atoms with E-state index in [0.717, 1.165) is 25.8 Å². The molecule has 1 N–H and O–H groups in total. The fraction of sp³-hybridized carbons (Fsp3) is 0.923. The lowest BCUT2D eigenvalue weighted by Crippen LogP contribution is -2.53. The van der Waals surface area contributed by atoms with Crippen molar-refractivity contribution >= 4 is 5.91 Å². The molecule has 1 aliphatic heterocycles. The fourth-order valence-corrected chi connectivity index (χ4v) is 2.40. The summed E-state index contributed by atoms with van der Waals surface area (Å²) in [6, 6.07) is 0.183. The van der Waals surface area contributed by atoms with Gasteiger partial charge in [0, 0.05) is 26.3 Å². The molecule has 0 aromatic heterocycles. The highest BCUT2D eigenvalue weighted by molar-refractivity contribution is 5.85. The summed E-state index contributed by atoms with van der Waals surface area (Å²) in [7, 11) is 1.59. The number of piperidine rings is 1. The standard InChI is InChI=1S/C13H25NO3/c1-4-13(2,17-3)12(16)14-9-6-5-7-11(14)8-10-15/h11,15H,4-10H2,1-3H3. The number of carbonyl (C=O) groups excluding carboxylic acids is 1. The summed E-state index contributed by atoms with van der Waals surface area (Å²) < 4.78 is 5.37. The van der Waals surface area contributed by atoms with Crippen molar-refractivity contribution in [3.8, 4) is 0 Å². The van der Waals surface area contributed by atoms with Gasteiger partial charge in [-0.15, -0.1) is 0 Å². The van der Waals surface area contributed by atoms with Gasteiger partial charge in [0.1, 0.15) is 5.60 Å². The lowest BCUT2D eigenvalue weighted by molar-refractivity contribution is -0.157. The Morgan fingerprint density at radius 3 is 2.76 bits per heavy atom. The highest BCUT2D eigenvalue weighted by Gasteiger charge is 2.38. The van der Waals surface area contributed by atoms with Gasteiger partial charge in [0.15, 0.2) is 0 Å². The Morgan fingerprint density at radius 2 is 2.24 bits per heavy atom. The van der Waals surface area contributed by atoms with Crippen LogP contribution in [0.15, 0.2) is 0 Å². The monoisotopic (exact) mass is 243 g/mol. The van der Waals surface area contributed by atoms with Gasteiger partial charge < -0.3 is 14.7 Å². The third kappa shape index (κ3) is 3.19. The number of amides is 1. The van der Waals surface area contributed by atoms with E-state index in [-0.39, 0.29) is 18.6 Å². The van der Waals surface area contributed by atoms with Gasteiger partial charge in [0.05, 0.1) is 0 Å². The van der Waals surface area contributed by atoms with Gasteiger partial charge in [-0.05, 0) is 39.0 Å². The largest absolute Gasteiger partial charge is 0.396 e. The number of likely N-dealkylation sites (tertiary alicyclic amines) is 1. The smallest absolute Gasteiger partial charge is 0.254 e. The molecule has 0 aromatic carbocycles. The first-order valence-corrected chi connectivity index (χ1v) is 6.56. The molecular weight excluding hydrogens is 218 g/mol. The van der Waals surface area contributed by atoms with Crippen LogP contribution in [-0.4, -0.2) is 47.8 Å². The number of aliphatic hydroxyl groups is 1. The van der Waals surface area contributed by atoms with Crippen molar-refractivity contribution in [1.29, 1.82) is 0 Å². The molecule has 100 valence electrons. The molecule has 1 fully saturated rings. The summed E-state index contributed by atoms with van der Waals surface area (Å²) in [6.07, 6.45) is 4.54. The van der Waals surface area contributed by atoms with Gasteiger partial charge in [0.25, 0.3) is 5.91 Å². The second-order valence-corrected chi connectivity index (χ2v) is 4.95. The number of ether oxygens (including phenoxy) is 1. The van der Waals surface area contributed by atoms with Gasteiger partial charge in [-0.2, -0.15) is 0 Å². The topological polar surface area (TPSA) is 49.8 Å². The molecule has 0 saturated carbocycles. The maximum Gasteiger partial charge on any atom is 0.254 e. The van der Waals surface area contributed by atoms with Crippen molar-refractivity contribution in [3.05, 3.63) is 0 Å². The van der Waals surface area contributed by atoms with Gasteiger partial charge in [-0.3, -0.25) is 4.79 Å². The summed E-state index contributed by atoms with van der Waals surface area (Å²) >= 11 is 0. The van der Waals surface area contributed by atoms with E-state index >= 15 is 0 Å². The summed E-state index contributed by atoms with van der Waals surface area (Å²) in [4.78, 5) is 14.4. The van der Waals surface area contributed by atoms with Crippen molar-refractivity contribution in [2.45, 2.75) is 57.6 Å². The van der Waals surface area contributed by atoms with Crippen LogP contribution in [0, 0.1) is 0 Å². The van der Waals surface area contributed by atoms with E-state index in [9.17, 15) is 4.79 Å². The first-order valence-electron chi connectivity index (χ1n) is 6.56. The van der Waals surface area contributed by atoms with Crippen molar-refractivity contribution in [3.63, 3.8) is 0 Å². The molecule has 1 amide bonds. The van der Waals surface area contributed by atoms with Crippen molar-refractivity contribution in [2.75, 3.05) is 20.3 Å². The summed E-state index contributed by atoms with van der Waals surface area (Å²) in [5.41, 5.74) is -0.717. The number of nitrogens with zero attached hydrogens (tertiary/aromatic N) is 1. The first kappa shape index (κ1) is 14.5. The zero-order valence-corrected chi connectivity index (χ0v) is 11.2. The number of methoxy groups -OCH3 is 1. The molecule has 2 unspecified atom stereocenters. The second-order valence-electron chi connectivity index (χ2n) is 4.95. The van der Waals surface area contributed by atoms with E-state index < -0.39 is 5.60 Å². The summed E-state index contributed by atoms with van der Waals surface area (Å²) in [5, 5.41) is 9.07. The van der Waals surface area contributed by atoms with E-state index in [1.807, 2.05) is 18.7 Å². The number of hydrogen-bond donors (Lipinski definition) is 1. The van der Waals surface area contributed by atoms with Crippen molar-refractivity contribution < 1.29 is 14.6 Å². The fourth-order valence-electron chi connectivity index (χ4n) is 2.40. The maximum atomic E-state index is 12.5. The van der Waals surface area contributed by atoms with Crippen LogP contribution in [0.3, 0.4) is 0 Å². The Labute approximate surface area is 104 Å². The highest BCUT2D eigenvalue weighted by atomic mass is 16.5. The predicted molar refractivity (Wildman–Crippen MR) is 66.8 cm³/mol.